The van der Waals surface area contributed by atoms with Crippen molar-refractivity contribution in [2.24, 2.45) is 0 Å². The van der Waals surface area contributed by atoms with Gasteiger partial charge in [-0.25, -0.2) is 14.2 Å². The minimum Gasteiger partial charge on any atom is -0.495 e. The number of fused-ring (bicyclic) bond motifs is 1. The first-order valence-electron chi connectivity index (χ1n) is 11.2. The van der Waals surface area contributed by atoms with Gasteiger partial charge in [0.1, 0.15) is 17.4 Å². The fourth-order valence-electron chi connectivity index (χ4n) is 4.29. The zero-order chi connectivity index (χ0) is 23.5. The van der Waals surface area contributed by atoms with E-state index < -0.39 is 0 Å². The van der Waals surface area contributed by atoms with Gasteiger partial charge in [-0.2, -0.15) is 0 Å². The number of carbonyl (C=O) groups excluding carboxylic acids is 1. The minimum absolute atomic E-state index is 0.155. The lowest BCUT2D eigenvalue weighted by atomic mass is 10.0. The maximum atomic E-state index is 14.5. The molecule has 1 aliphatic heterocycles. The lowest BCUT2D eigenvalue weighted by Gasteiger charge is -2.35. The summed E-state index contributed by atoms with van der Waals surface area (Å²) in [5, 5.41) is 3.89. The van der Waals surface area contributed by atoms with E-state index >= 15 is 0 Å². The summed E-state index contributed by atoms with van der Waals surface area (Å²) >= 11 is 0. The van der Waals surface area contributed by atoms with Crippen molar-refractivity contribution in [3.63, 3.8) is 0 Å². The molecule has 6 nitrogen and oxygen atoms in total. The van der Waals surface area contributed by atoms with Crippen molar-refractivity contribution in [3.8, 4) is 16.9 Å². The predicted octanol–water partition coefficient (Wildman–Crippen LogP) is 5.40. The summed E-state index contributed by atoms with van der Waals surface area (Å²) in [5.41, 5.74) is 2.72. The molecule has 2 heterocycles. The smallest absolute Gasteiger partial charge is 0.322 e. The molecule has 0 bridgehead atoms. The molecule has 1 aromatic heterocycles. The summed E-state index contributed by atoms with van der Waals surface area (Å²) in [5.74, 6) is 1.18. The van der Waals surface area contributed by atoms with Gasteiger partial charge in [-0.15, -0.1) is 0 Å². The second-order valence-electron chi connectivity index (χ2n) is 8.13. The zero-order valence-corrected chi connectivity index (χ0v) is 18.9. The lowest BCUT2D eigenvalue weighted by molar-refractivity contribution is 0.208. The summed E-state index contributed by atoms with van der Waals surface area (Å²) in [6.45, 7) is 2.44. The number of para-hydroxylation sites is 3. The van der Waals surface area contributed by atoms with Gasteiger partial charge < -0.3 is 19.9 Å². The number of hydrogen-bond acceptors (Lipinski definition) is 4. The van der Waals surface area contributed by atoms with Crippen molar-refractivity contribution >= 4 is 28.4 Å². The number of urea groups is 1. The maximum absolute atomic E-state index is 14.5. The highest BCUT2D eigenvalue weighted by Gasteiger charge is 2.23. The van der Waals surface area contributed by atoms with Gasteiger partial charge in [0.25, 0.3) is 0 Å². The van der Waals surface area contributed by atoms with Crippen LogP contribution in [0.1, 0.15) is 0 Å². The number of aromatic nitrogens is 1. The predicted molar refractivity (Wildman–Crippen MR) is 133 cm³/mol. The fourth-order valence-corrected chi connectivity index (χ4v) is 4.29. The van der Waals surface area contributed by atoms with Gasteiger partial charge >= 0.3 is 6.03 Å². The summed E-state index contributed by atoms with van der Waals surface area (Å²) < 4.78 is 19.8. The maximum Gasteiger partial charge on any atom is 0.322 e. The van der Waals surface area contributed by atoms with Crippen LogP contribution in [0.4, 0.5) is 20.7 Å². The van der Waals surface area contributed by atoms with Crippen LogP contribution in [0.3, 0.4) is 0 Å². The first kappa shape index (κ1) is 21.7. The van der Waals surface area contributed by atoms with E-state index in [4.69, 9.17) is 9.72 Å². The Hall–Kier alpha value is -4.13. The number of ether oxygens (including phenoxy) is 1. The Bertz CT molecular complexity index is 1340. The normalized spacial score (nSPS) is 13.7. The Morgan fingerprint density at radius 1 is 0.882 bits per heavy atom. The van der Waals surface area contributed by atoms with Crippen molar-refractivity contribution in [3.05, 3.63) is 84.7 Å². The molecule has 2 amide bonds. The summed E-state index contributed by atoms with van der Waals surface area (Å²) in [6, 6.07) is 23.8. The number of carbonyl (C=O) groups is 1. The van der Waals surface area contributed by atoms with Gasteiger partial charge in [0.05, 0.1) is 18.3 Å². The van der Waals surface area contributed by atoms with Crippen molar-refractivity contribution in [1.82, 2.24) is 9.88 Å². The molecule has 0 radical (unpaired) electrons. The lowest BCUT2D eigenvalue weighted by Crippen LogP contribution is -2.50. The van der Waals surface area contributed by atoms with E-state index in [0.717, 1.165) is 22.3 Å². The Kier molecular flexibility index (Phi) is 5.99. The first-order chi connectivity index (χ1) is 16.6. The SMILES string of the molecule is COc1ccccc1NC(=O)N1CCN(c2ccc3cccc(-c4ccccc4F)c3n2)CC1. The molecule has 34 heavy (non-hydrogen) atoms. The third-order valence-electron chi connectivity index (χ3n) is 6.11. The van der Waals surface area contributed by atoms with Gasteiger partial charge in [-0.1, -0.05) is 48.5 Å². The Balaban J connectivity index is 1.33. The van der Waals surface area contributed by atoms with E-state index in [-0.39, 0.29) is 11.8 Å². The molecule has 7 heteroatoms. The number of anilines is 2. The third kappa shape index (κ3) is 4.24. The highest BCUT2D eigenvalue weighted by Crippen LogP contribution is 2.31. The number of halogens is 1. The van der Waals surface area contributed by atoms with Crippen LogP contribution in [0, 0.1) is 5.82 Å². The van der Waals surface area contributed by atoms with E-state index in [2.05, 4.69) is 10.2 Å². The molecule has 0 saturated carbocycles. The Morgan fingerprint density at radius 2 is 1.62 bits per heavy atom. The largest absolute Gasteiger partial charge is 0.495 e. The highest BCUT2D eigenvalue weighted by atomic mass is 19.1. The van der Waals surface area contributed by atoms with Crippen molar-refractivity contribution in [1.29, 1.82) is 0 Å². The third-order valence-corrected chi connectivity index (χ3v) is 6.11. The Morgan fingerprint density at radius 3 is 2.41 bits per heavy atom. The number of methoxy groups -OCH3 is 1. The molecular formula is C27H25FN4O2. The summed E-state index contributed by atoms with van der Waals surface area (Å²) in [7, 11) is 1.58. The van der Waals surface area contributed by atoms with Crippen LogP contribution in [0.15, 0.2) is 78.9 Å². The number of pyridine rings is 1. The minimum atomic E-state index is -0.267. The molecule has 0 unspecified atom stereocenters. The average Bonchev–Trinajstić information content (AvgIpc) is 2.89. The van der Waals surface area contributed by atoms with Crippen molar-refractivity contribution < 1.29 is 13.9 Å². The van der Waals surface area contributed by atoms with Crippen LogP contribution in [0.5, 0.6) is 5.75 Å². The van der Waals surface area contributed by atoms with E-state index in [1.54, 1.807) is 24.1 Å². The molecule has 4 aromatic rings. The van der Waals surface area contributed by atoms with Crippen LogP contribution in [-0.2, 0) is 0 Å². The molecule has 3 aromatic carbocycles. The molecule has 1 saturated heterocycles. The second-order valence-corrected chi connectivity index (χ2v) is 8.13. The molecule has 1 aliphatic rings. The van der Waals surface area contributed by atoms with Crippen LogP contribution in [-0.4, -0.2) is 49.2 Å². The average molecular weight is 457 g/mol. The van der Waals surface area contributed by atoms with Crippen LogP contribution < -0.4 is 15.0 Å². The number of amides is 2. The zero-order valence-electron chi connectivity index (χ0n) is 18.9. The molecule has 1 N–H and O–H groups in total. The molecule has 1 fully saturated rings. The highest BCUT2D eigenvalue weighted by molar-refractivity contribution is 5.95. The number of rotatable bonds is 4. The van der Waals surface area contributed by atoms with E-state index in [0.29, 0.717) is 43.2 Å². The molecule has 172 valence electrons. The summed E-state index contributed by atoms with van der Waals surface area (Å²) in [4.78, 5) is 21.6. The van der Waals surface area contributed by atoms with E-state index in [9.17, 15) is 9.18 Å². The molecular weight excluding hydrogens is 431 g/mol. The van der Waals surface area contributed by atoms with Gasteiger partial charge in [-0.3, -0.25) is 0 Å². The monoisotopic (exact) mass is 456 g/mol. The Labute approximate surface area is 197 Å². The van der Waals surface area contributed by atoms with Gasteiger partial charge in [0.2, 0.25) is 0 Å². The fraction of sp³-hybridized carbons (Fsp3) is 0.185. The molecule has 0 spiro atoms. The summed E-state index contributed by atoms with van der Waals surface area (Å²) in [6.07, 6.45) is 0. The number of hydrogen-bond donors (Lipinski definition) is 1. The second kappa shape index (κ2) is 9.39. The van der Waals surface area contributed by atoms with Gasteiger partial charge in [0.15, 0.2) is 0 Å². The molecule has 0 aliphatic carbocycles. The van der Waals surface area contributed by atoms with E-state index in [1.165, 1.54) is 6.07 Å². The topological polar surface area (TPSA) is 57.7 Å². The molecule has 5 rings (SSSR count). The number of nitrogens with zero attached hydrogens (tertiary/aromatic N) is 3. The first-order valence-corrected chi connectivity index (χ1v) is 11.2. The number of piperazine rings is 1. The van der Waals surface area contributed by atoms with Crippen molar-refractivity contribution in [2.75, 3.05) is 43.5 Å². The standard InChI is InChI=1S/C27H25FN4O2/c1-34-24-12-5-4-11-23(24)29-27(33)32-17-15-31(16-18-32)25-14-13-19-7-6-9-21(26(19)30-25)20-8-2-3-10-22(20)28/h2-14H,15-18H2,1H3,(H,29,33). The van der Waals surface area contributed by atoms with Gasteiger partial charge in [0, 0.05) is 42.7 Å². The van der Waals surface area contributed by atoms with Crippen LogP contribution in [0.25, 0.3) is 22.0 Å². The van der Waals surface area contributed by atoms with Gasteiger partial charge in [-0.05, 0) is 30.3 Å². The van der Waals surface area contributed by atoms with Crippen LogP contribution in [0.2, 0.25) is 0 Å². The van der Waals surface area contributed by atoms with E-state index in [1.807, 2.05) is 60.7 Å². The quantitative estimate of drug-likeness (QED) is 0.447. The number of benzene rings is 3. The van der Waals surface area contributed by atoms with Crippen LogP contribution >= 0.6 is 0 Å². The molecule has 0 atom stereocenters. The number of nitrogens with one attached hydrogen (secondary N) is 1. The van der Waals surface area contributed by atoms with Crippen molar-refractivity contribution in [2.45, 2.75) is 0 Å².